The molecule has 0 fully saturated rings. The molecule has 0 aromatic heterocycles. The number of carbonyl (C=O) groups is 1. The molecule has 5 heteroatoms. The van der Waals surface area contributed by atoms with E-state index in [2.05, 4.69) is 4.90 Å². The van der Waals surface area contributed by atoms with Crippen LogP contribution < -0.4 is 9.47 Å². The summed E-state index contributed by atoms with van der Waals surface area (Å²) in [6.07, 6.45) is 1.04. The van der Waals surface area contributed by atoms with Crippen molar-refractivity contribution in [3.8, 4) is 11.5 Å². The highest BCUT2D eigenvalue weighted by atomic mass is 16.5. The van der Waals surface area contributed by atoms with E-state index in [-0.39, 0.29) is 6.42 Å². The van der Waals surface area contributed by atoms with Crippen molar-refractivity contribution < 1.29 is 19.4 Å². The highest BCUT2D eigenvalue weighted by Gasteiger charge is 2.22. The summed E-state index contributed by atoms with van der Waals surface area (Å²) in [4.78, 5) is 12.8. The van der Waals surface area contributed by atoms with E-state index in [1.165, 1.54) is 11.1 Å². The Labute approximate surface area is 112 Å². The molecular formula is C14H19NO4. The first-order valence-corrected chi connectivity index (χ1v) is 6.32. The number of hydrogen-bond acceptors (Lipinski definition) is 4. The summed E-state index contributed by atoms with van der Waals surface area (Å²) in [5.74, 6) is 0.802. The Morgan fingerprint density at radius 1 is 1.37 bits per heavy atom. The van der Waals surface area contributed by atoms with Crippen LogP contribution >= 0.6 is 0 Å². The van der Waals surface area contributed by atoms with Crippen molar-refractivity contribution in [3.63, 3.8) is 0 Å². The van der Waals surface area contributed by atoms with Gasteiger partial charge in [0.15, 0.2) is 11.5 Å². The standard InChI is InChI=1S/C14H19NO4/c1-18-12-4-3-10-9-15(8-6-13(16)17)7-5-11(10)14(12)19-2/h3-4H,5-9H2,1-2H3,(H,16,17). The third-order valence-corrected chi connectivity index (χ3v) is 3.46. The summed E-state index contributed by atoms with van der Waals surface area (Å²) in [5.41, 5.74) is 2.36. The maximum atomic E-state index is 10.6. The molecule has 1 aromatic rings. The molecule has 1 aliphatic rings. The van der Waals surface area contributed by atoms with E-state index in [0.717, 1.165) is 31.0 Å². The van der Waals surface area contributed by atoms with E-state index >= 15 is 0 Å². The molecule has 0 spiro atoms. The fraction of sp³-hybridized carbons (Fsp3) is 0.500. The maximum absolute atomic E-state index is 10.6. The second-order valence-electron chi connectivity index (χ2n) is 4.61. The van der Waals surface area contributed by atoms with Gasteiger partial charge in [-0.15, -0.1) is 0 Å². The lowest BCUT2D eigenvalue weighted by molar-refractivity contribution is -0.137. The maximum Gasteiger partial charge on any atom is 0.304 e. The zero-order valence-electron chi connectivity index (χ0n) is 11.3. The fourth-order valence-electron chi connectivity index (χ4n) is 2.49. The molecule has 1 aliphatic heterocycles. The van der Waals surface area contributed by atoms with Crippen LogP contribution in [0.4, 0.5) is 0 Å². The lowest BCUT2D eigenvalue weighted by Crippen LogP contribution is -2.32. The minimum absolute atomic E-state index is 0.183. The molecule has 0 atom stereocenters. The van der Waals surface area contributed by atoms with Crippen molar-refractivity contribution >= 4 is 5.97 Å². The lowest BCUT2D eigenvalue weighted by Gasteiger charge is -2.29. The second-order valence-corrected chi connectivity index (χ2v) is 4.61. The van der Waals surface area contributed by atoms with Gasteiger partial charge in [0, 0.05) is 25.2 Å². The second kappa shape index (κ2) is 5.93. The molecule has 5 nitrogen and oxygen atoms in total. The molecule has 0 radical (unpaired) electrons. The number of benzene rings is 1. The Morgan fingerprint density at radius 2 is 2.16 bits per heavy atom. The predicted octanol–water partition coefficient (Wildman–Crippen LogP) is 1.54. The first-order chi connectivity index (χ1) is 9.15. The Morgan fingerprint density at radius 3 is 2.79 bits per heavy atom. The van der Waals surface area contributed by atoms with E-state index in [1.807, 2.05) is 12.1 Å². The number of fused-ring (bicyclic) bond motifs is 1. The summed E-state index contributed by atoms with van der Waals surface area (Å²) < 4.78 is 10.7. The van der Waals surface area contributed by atoms with Crippen LogP contribution in [0.5, 0.6) is 11.5 Å². The van der Waals surface area contributed by atoms with Gasteiger partial charge < -0.3 is 14.6 Å². The van der Waals surface area contributed by atoms with Gasteiger partial charge in [-0.25, -0.2) is 0 Å². The van der Waals surface area contributed by atoms with Gasteiger partial charge in [0.05, 0.1) is 20.6 Å². The van der Waals surface area contributed by atoms with E-state index in [9.17, 15) is 4.79 Å². The third kappa shape index (κ3) is 2.98. The first kappa shape index (κ1) is 13.7. The quantitative estimate of drug-likeness (QED) is 0.875. The van der Waals surface area contributed by atoms with Crippen LogP contribution in [0.1, 0.15) is 17.5 Å². The Kier molecular flexibility index (Phi) is 4.27. The van der Waals surface area contributed by atoms with E-state index < -0.39 is 5.97 Å². The van der Waals surface area contributed by atoms with Gasteiger partial charge in [-0.3, -0.25) is 9.69 Å². The van der Waals surface area contributed by atoms with Gasteiger partial charge in [-0.05, 0) is 18.1 Å². The van der Waals surface area contributed by atoms with Crippen LogP contribution in [-0.4, -0.2) is 43.3 Å². The molecule has 104 valence electrons. The van der Waals surface area contributed by atoms with E-state index in [1.54, 1.807) is 14.2 Å². The largest absolute Gasteiger partial charge is 0.493 e. The molecule has 0 saturated carbocycles. The molecule has 1 aromatic carbocycles. The first-order valence-electron chi connectivity index (χ1n) is 6.32. The van der Waals surface area contributed by atoms with Gasteiger partial charge in [0.2, 0.25) is 0 Å². The zero-order chi connectivity index (χ0) is 13.8. The molecule has 2 rings (SSSR count). The number of ether oxygens (including phenoxy) is 2. The van der Waals surface area contributed by atoms with Crippen molar-refractivity contribution in [2.24, 2.45) is 0 Å². The number of rotatable bonds is 5. The average molecular weight is 265 g/mol. The molecule has 1 heterocycles. The van der Waals surface area contributed by atoms with Gasteiger partial charge in [-0.1, -0.05) is 6.07 Å². The SMILES string of the molecule is COc1ccc2c(c1OC)CCN(CCC(=O)O)C2. The number of carboxylic acids is 1. The van der Waals surface area contributed by atoms with Crippen LogP contribution in [0.3, 0.4) is 0 Å². The van der Waals surface area contributed by atoms with Crippen molar-refractivity contribution in [1.82, 2.24) is 4.90 Å². The molecule has 0 bridgehead atoms. The normalized spacial score (nSPS) is 14.8. The molecular weight excluding hydrogens is 246 g/mol. The third-order valence-electron chi connectivity index (χ3n) is 3.46. The van der Waals surface area contributed by atoms with Crippen LogP contribution in [0.2, 0.25) is 0 Å². The van der Waals surface area contributed by atoms with E-state index in [0.29, 0.717) is 6.54 Å². The molecule has 1 N–H and O–H groups in total. The number of carboxylic acid groups (broad SMARTS) is 1. The van der Waals surface area contributed by atoms with Crippen molar-refractivity contribution in [2.45, 2.75) is 19.4 Å². The summed E-state index contributed by atoms with van der Waals surface area (Å²) in [7, 11) is 3.28. The number of hydrogen-bond donors (Lipinski definition) is 1. The molecule has 0 amide bonds. The lowest BCUT2D eigenvalue weighted by atomic mass is 9.98. The summed E-state index contributed by atoms with van der Waals surface area (Å²) in [6, 6.07) is 3.93. The zero-order valence-corrected chi connectivity index (χ0v) is 11.3. The van der Waals surface area contributed by atoms with Crippen molar-refractivity contribution in [2.75, 3.05) is 27.3 Å². The summed E-state index contributed by atoms with van der Waals surface area (Å²) >= 11 is 0. The summed E-state index contributed by atoms with van der Waals surface area (Å²) in [6.45, 7) is 2.20. The smallest absolute Gasteiger partial charge is 0.304 e. The Hall–Kier alpha value is -1.75. The number of nitrogens with zero attached hydrogens (tertiary/aromatic N) is 1. The molecule has 0 unspecified atom stereocenters. The molecule has 0 aliphatic carbocycles. The highest BCUT2D eigenvalue weighted by molar-refractivity contribution is 5.66. The molecule has 0 saturated heterocycles. The highest BCUT2D eigenvalue weighted by Crippen LogP contribution is 2.36. The van der Waals surface area contributed by atoms with Crippen LogP contribution in [0, 0.1) is 0 Å². The predicted molar refractivity (Wildman–Crippen MR) is 70.8 cm³/mol. The van der Waals surface area contributed by atoms with Crippen LogP contribution in [-0.2, 0) is 17.8 Å². The minimum atomic E-state index is -0.752. The van der Waals surface area contributed by atoms with Gasteiger partial charge >= 0.3 is 5.97 Å². The monoisotopic (exact) mass is 265 g/mol. The van der Waals surface area contributed by atoms with Crippen molar-refractivity contribution in [1.29, 1.82) is 0 Å². The van der Waals surface area contributed by atoms with E-state index in [4.69, 9.17) is 14.6 Å². The van der Waals surface area contributed by atoms with Gasteiger partial charge in [0.25, 0.3) is 0 Å². The topological polar surface area (TPSA) is 59.0 Å². The number of aliphatic carboxylic acids is 1. The number of methoxy groups -OCH3 is 2. The molecule has 19 heavy (non-hydrogen) atoms. The minimum Gasteiger partial charge on any atom is -0.493 e. The Balaban J connectivity index is 2.15. The van der Waals surface area contributed by atoms with Gasteiger partial charge in [0.1, 0.15) is 0 Å². The fourth-order valence-corrected chi connectivity index (χ4v) is 2.49. The Bertz CT molecular complexity index is 473. The average Bonchev–Trinajstić information content (AvgIpc) is 2.43. The van der Waals surface area contributed by atoms with Crippen LogP contribution in [0.15, 0.2) is 12.1 Å². The van der Waals surface area contributed by atoms with Gasteiger partial charge in [-0.2, -0.15) is 0 Å². The summed E-state index contributed by atoms with van der Waals surface area (Å²) in [5, 5.41) is 8.73. The van der Waals surface area contributed by atoms with Crippen LogP contribution in [0.25, 0.3) is 0 Å². The van der Waals surface area contributed by atoms with Crippen molar-refractivity contribution in [3.05, 3.63) is 23.3 Å².